The first kappa shape index (κ1) is 22.0. The lowest BCUT2D eigenvalue weighted by Crippen LogP contribution is -2.54. The highest BCUT2D eigenvalue weighted by Gasteiger charge is 2.31. The van der Waals surface area contributed by atoms with Crippen LogP contribution in [0.15, 0.2) is 91.0 Å². The van der Waals surface area contributed by atoms with E-state index in [0.717, 1.165) is 36.5 Å². The van der Waals surface area contributed by atoms with Gasteiger partial charge in [-0.15, -0.1) is 0 Å². The maximum absolute atomic E-state index is 14.1. The summed E-state index contributed by atoms with van der Waals surface area (Å²) in [5.41, 5.74) is 5.20. The molecule has 5 nitrogen and oxygen atoms in total. The van der Waals surface area contributed by atoms with Crippen LogP contribution in [-0.2, 0) is 6.42 Å². The van der Waals surface area contributed by atoms with E-state index >= 15 is 0 Å². The van der Waals surface area contributed by atoms with E-state index in [4.69, 9.17) is 0 Å². The van der Waals surface area contributed by atoms with Gasteiger partial charge in [-0.05, 0) is 42.7 Å². The number of aromatic nitrogens is 1. The number of aromatic hydroxyl groups is 1. The van der Waals surface area contributed by atoms with Gasteiger partial charge in [-0.2, -0.15) is 0 Å². The predicted octanol–water partition coefficient (Wildman–Crippen LogP) is 4.82. The number of para-hydroxylation sites is 2. The van der Waals surface area contributed by atoms with Gasteiger partial charge < -0.3 is 19.9 Å². The van der Waals surface area contributed by atoms with Crippen LogP contribution in [0.4, 0.5) is 0 Å². The average molecular weight is 452 g/mol. The van der Waals surface area contributed by atoms with Crippen LogP contribution in [0.2, 0.25) is 0 Å². The lowest BCUT2D eigenvalue weighted by atomic mass is 10.0. The molecule has 1 amide bonds. The summed E-state index contributed by atoms with van der Waals surface area (Å²) in [5, 5.41) is 14.1. The first-order chi connectivity index (χ1) is 16.6. The van der Waals surface area contributed by atoms with Crippen molar-refractivity contribution < 1.29 is 9.90 Å². The van der Waals surface area contributed by atoms with Gasteiger partial charge >= 0.3 is 0 Å². The molecule has 0 saturated carbocycles. The summed E-state index contributed by atoms with van der Waals surface area (Å²) >= 11 is 0. The molecule has 172 valence electrons. The minimum Gasteiger partial charge on any atom is -0.506 e. The number of nitrogens with one attached hydrogen (secondary N) is 1. The van der Waals surface area contributed by atoms with Crippen molar-refractivity contribution in [1.82, 2.24) is 14.8 Å². The Balaban J connectivity index is 1.60. The number of aryl methyl sites for hydroxylation is 1. The fourth-order valence-electron chi connectivity index (χ4n) is 4.90. The number of amides is 1. The Hall–Kier alpha value is -3.83. The van der Waals surface area contributed by atoms with Crippen LogP contribution in [0.1, 0.15) is 21.6 Å². The summed E-state index contributed by atoms with van der Waals surface area (Å²) in [6.07, 6.45) is 0.805. The quantitative estimate of drug-likeness (QED) is 0.458. The maximum atomic E-state index is 14.1. The normalized spacial score (nSPS) is 15.9. The molecule has 1 atom stereocenters. The van der Waals surface area contributed by atoms with E-state index in [1.807, 2.05) is 83.1 Å². The molecule has 5 rings (SSSR count). The molecule has 0 bridgehead atoms. The molecule has 1 aliphatic heterocycles. The molecule has 0 spiro atoms. The number of hydrogen-bond donors (Lipinski definition) is 2. The SMILES string of the molecule is Cc1cc(C(=O)N2CCNC[C@H]2Cc2ccccc2)c(-c2ccccc2)n1-c1ccccc1O. The minimum atomic E-state index is 0.0264. The summed E-state index contributed by atoms with van der Waals surface area (Å²) in [6.45, 7) is 4.18. The number of piperazine rings is 1. The Labute approximate surface area is 200 Å². The Morgan fingerprint density at radius 3 is 2.38 bits per heavy atom. The van der Waals surface area contributed by atoms with Gasteiger partial charge in [-0.25, -0.2) is 0 Å². The van der Waals surface area contributed by atoms with Gasteiger partial charge in [0.2, 0.25) is 0 Å². The highest BCUT2D eigenvalue weighted by Crippen LogP contribution is 2.35. The molecule has 0 radical (unpaired) electrons. The van der Waals surface area contributed by atoms with Crippen molar-refractivity contribution >= 4 is 5.91 Å². The molecule has 34 heavy (non-hydrogen) atoms. The topological polar surface area (TPSA) is 57.5 Å². The van der Waals surface area contributed by atoms with Crippen LogP contribution in [0, 0.1) is 6.92 Å². The van der Waals surface area contributed by atoms with Crippen LogP contribution < -0.4 is 5.32 Å². The van der Waals surface area contributed by atoms with Crippen molar-refractivity contribution in [2.24, 2.45) is 0 Å². The molecule has 3 aromatic carbocycles. The van der Waals surface area contributed by atoms with E-state index in [0.29, 0.717) is 17.8 Å². The van der Waals surface area contributed by atoms with E-state index in [2.05, 4.69) is 17.4 Å². The van der Waals surface area contributed by atoms with Crippen LogP contribution in [0.25, 0.3) is 16.9 Å². The maximum Gasteiger partial charge on any atom is 0.256 e. The van der Waals surface area contributed by atoms with Crippen LogP contribution in [0.5, 0.6) is 5.75 Å². The Bertz CT molecular complexity index is 1280. The second-order valence-corrected chi connectivity index (χ2v) is 8.78. The van der Waals surface area contributed by atoms with E-state index in [1.54, 1.807) is 12.1 Å². The number of carbonyl (C=O) groups is 1. The zero-order valence-electron chi connectivity index (χ0n) is 19.3. The second-order valence-electron chi connectivity index (χ2n) is 8.78. The Kier molecular flexibility index (Phi) is 6.19. The second kappa shape index (κ2) is 9.57. The lowest BCUT2D eigenvalue weighted by molar-refractivity contribution is 0.0637. The van der Waals surface area contributed by atoms with Crippen molar-refractivity contribution in [2.45, 2.75) is 19.4 Å². The van der Waals surface area contributed by atoms with Gasteiger partial charge in [0.15, 0.2) is 0 Å². The number of phenols is 1. The molecule has 2 heterocycles. The van der Waals surface area contributed by atoms with Gasteiger partial charge in [0, 0.05) is 31.4 Å². The number of rotatable bonds is 5. The summed E-state index contributed by atoms with van der Waals surface area (Å²) in [7, 11) is 0. The molecule has 1 saturated heterocycles. The van der Waals surface area contributed by atoms with Gasteiger partial charge in [0.1, 0.15) is 5.75 Å². The fourth-order valence-corrected chi connectivity index (χ4v) is 4.90. The zero-order valence-corrected chi connectivity index (χ0v) is 19.3. The molecule has 1 aromatic heterocycles. The number of carbonyl (C=O) groups excluding carboxylic acids is 1. The van der Waals surface area contributed by atoms with Gasteiger partial charge in [0.25, 0.3) is 5.91 Å². The number of benzene rings is 3. The molecule has 0 aliphatic carbocycles. The smallest absolute Gasteiger partial charge is 0.256 e. The third-order valence-electron chi connectivity index (χ3n) is 6.51. The van der Waals surface area contributed by atoms with Crippen molar-refractivity contribution in [1.29, 1.82) is 0 Å². The molecule has 1 aliphatic rings. The lowest BCUT2D eigenvalue weighted by Gasteiger charge is -2.36. The van der Waals surface area contributed by atoms with Gasteiger partial charge in [-0.1, -0.05) is 72.8 Å². The molecule has 1 fully saturated rings. The third-order valence-corrected chi connectivity index (χ3v) is 6.51. The van der Waals surface area contributed by atoms with Crippen LogP contribution in [-0.4, -0.2) is 46.2 Å². The zero-order chi connectivity index (χ0) is 23.5. The van der Waals surface area contributed by atoms with Crippen molar-refractivity contribution in [3.63, 3.8) is 0 Å². The predicted molar refractivity (Wildman–Crippen MR) is 135 cm³/mol. The van der Waals surface area contributed by atoms with Crippen molar-refractivity contribution in [2.75, 3.05) is 19.6 Å². The van der Waals surface area contributed by atoms with E-state index in [1.165, 1.54) is 5.56 Å². The van der Waals surface area contributed by atoms with E-state index < -0.39 is 0 Å². The van der Waals surface area contributed by atoms with E-state index in [9.17, 15) is 9.90 Å². The monoisotopic (exact) mass is 451 g/mol. The van der Waals surface area contributed by atoms with Gasteiger partial charge in [0.05, 0.1) is 16.9 Å². The number of hydrogen-bond acceptors (Lipinski definition) is 3. The van der Waals surface area contributed by atoms with Crippen molar-refractivity contribution in [3.05, 3.63) is 108 Å². The highest BCUT2D eigenvalue weighted by atomic mass is 16.3. The molecule has 5 heteroatoms. The highest BCUT2D eigenvalue weighted by molar-refractivity contribution is 6.01. The number of nitrogens with zero attached hydrogens (tertiary/aromatic N) is 2. The number of phenolic OH excluding ortho intramolecular Hbond substituents is 1. The summed E-state index contributed by atoms with van der Waals surface area (Å²) in [6, 6.07) is 29.6. The Morgan fingerprint density at radius 2 is 1.65 bits per heavy atom. The molecule has 0 unspecified atom stereocenters. The Morgan fingerprint density at radius 1 is 0.971 bits per heavy atom. The van der Waals surface area contributed by atoms with E-state index in [-0.39, 0.29) is 17.7 Å². The largest absolute Gasteiger partial charge is 0.506 e. The molecular formula is C29H29N3O2. The molecular weight excluding hydrogens is 422 g/mol. The van der Waals surface area contributed by atoms with Crippen molar-refractivity contribution in [3.8, 4) is 22.7 Å². The molecule has 2 N–H and O–H groups in total. The summed E-state index contributed by atoms with van der Waals surface area (Å²) < 4.78 is 1.99. The summed E-state index contributed by atoms with van der Waals surface area (Å²) in [5.74, 6) is 0.208. The fraction of sp³-hybridized carbons (Fsp3) is 0.207. The van der Waals surface area contributed by atoms with Crippen LogP contribution >= 0.6 is 0 Å². The summed E-state index contributed by atoms with van der Waals surface area (Å²) in [4.78, 5) is 16.1. The molecule has 4 aromatic rings. The minimum absolute atomic E-state index is 0.0264. The third kappa shape index (κ3) is 4.22. The first-order valence-electron chi connectivity index (χ1n) is 11.7. The van der Waals surface area contributed by atoms with Crippen LogP contribution in [0.3, 0.4) is 0 Å². The standard InChI is InChI=1S/C29H29N3O2/c1-21-18-25(29(34)31-17-16-30-20-24(31)19-22-10-4-2-5-11-22)28(23-12-6-3-7-13-23)32(21)26-14-8-9-15-27(26)33/h2-15,18,24,30,33H,16-17,19-20H2,1H3/t24-/m1/s1. The average Bonchev–Trinajstić information content (AvgIpc) is 3.22. The van der Waals surface area contributed by atoms with Gasteiger partial charge in [-0.3, -0.25) is 4.79 Å². The first-order valence-corrected chi connectivity index (χ1v) is 11.7.